The van der Waals surface area contributed by atoms with Gasteiger partial charge < -0.3 is 10.6 Å². The molecule has 0 saturated carbocycles. The summed E-state index contributed by atoms with van der Waals surface area (Å²) in [5.41, 5.74) is 7.47. The molecule has 0 saturated heterocycles. The number of anilines is 2. The Labute approximate surface area is 114 Å². The summed E-state index contributed by atoms with van der Waals surface area (Å²) < 4.78 is 0.819. The first-order valence-electron chi connectivity index (χ1n) is 5.32. The van der Waals surface area contributed by atoms with Gasteiger partial charge in [-0.1, -0.05) is 15.9 Å². The maximum atomic E-state index is 12.3. The highest BCUT2D eigenvalue weighted by Gasteiger charge is 2.16. The molecule has 5 heteroatoms. The molecule has 0 fully saturated rings. The number of carbonyl (C=O) groups excluding carboxylic acids is 1. The van der Waals surface area contributed by atoms with Gasteiger partial charge in [0.2, 0.25) is 0 Å². The van der Waals surface area contributed by atoms with Crippen molar-refractivity contribution < 1.29 is 4.79 Å². The second-order valence-electron chi connectivity index (χ2n) is 3.81. The van der Waals surface area contributed by atoms with Gasteiger partial charge in [-0.15, -0.1) is 0 Å². The third-order valence-electron chi connectivity index (χ3n) is 2.58. The smallest absolute Gasteiger partial charge is 0.260 e. The normalized spacial score (nSPS) is 10.1. The van der Waals surface area contributed by atoms with Gasteiger partial charge in [0.25, 0.3) is 5.91 Å². The first-order chi connectivity index (χ1) is 8.59. The van der Waals surface area contributed by atoms with Crippen molar-refractivity contribution in [2.24, 2.45) is 0 Å². The number of hydrogen-bond donors (Lipinski definition) is 1. The first-order valence-corrected chi connectivity index (χ1v) is 6.12. The fraction of sp³-hybridized carbons (Fsp3) is 0.0769. The Hall–Kier alpha value is -1.88. The summed E-state index contributed by atoms with van der Waals surface area (Å²) in [6, 6.07) is 8.82. The molecule has 2 N–H and O–H groups in total. The van der Waals surface area contributed by atoms with Gasteiger partial charge in [-0.05, 0) is 30.3 Å². The van der Waals surface area contributed by atoms with E-state index in [1.54, 1.807) is 43.7 Å². The van der Waals surface area contributed by atoms with E-state index in [1.807, 2.05) is 6.07 Å². The summed E-state index contributed by atoms with van der Waals surface area (Å²) in [7, 11) is 1.69. The van der Waals surface area contributed by atoms with Crippen LogP contribution in [0.25, 0.3) is 0 Å². The predicted octanol–water partition coefficient (Wildman–Crippen LogP) is 2.70. The maximum Gasteiger partial charge on any atom is 0.260 e. The Balaban J connectivity index is 2.34. The summed E-state index contributed by atoms with van der Waals surface area (Å²) in [6.45, 7) is 0. The zero-order valence-corrected chi connectivity index (χ0v) is 11.4. The number of amides is 1. The Bertz CT molecular complexity index is 572. The van der Waals surface area contributed by atoms with Crippen molar-refractivity contribution in [3.63, 3.8) is 0 Å². The van der Waals surface area contributed by atoms with Gasteiger partial charge in [-0.25, -0.2) is 0 Å². The summed E-state index contributed by atoms with van der Waals surface area (Å²) in [6.07, 6.45) is 3.29. The molecule has 0 spiro atoms. The van der Waals surface area contributed by atoms with Crippen LogP contribution in [-0.4, -0.2) is 17.9 Å². The molecule has 1 aromatic carbocycles. The Morgan fingerprint density at radius 3 is 2.83 bits per heavy atom. The minimum absolute atomic E-state index is 0.165. The lowest BCUT2D eigenvalue weighted by molar-refractivity contribution is 0.0993. The molecular formula is C13H12BrN3O. The third kappa shape index (κ3) is 2.51. The molecule has 1 amide bonds. The minimum Gasteiger partial charge on any atom is -0.398 e. The topological polar surface area (TPSA) is 59.2 Å². The van der Waals surface area contributed by atoms with E-state index in [4.69, 9.17) is 5.73 Å². The number of halogens is 1. The zero-order valence-electron chi connectivity index (χ0n) is 9.80. The van der Waals surface area contributed by atoms with Gasteiger partial charge in [-0.3, -0.25) is 9.78 Å². The molecule has 4 nitrogen and oxygen atoms in total. The van der Waals surface area contributed by atoms with Gasteiger partial charge in [-0.2, -0.15) is 0 Å². The average molecular weight is 306 g/mol. The fourth-order valence-corrected chi connectivity index (χ4v) is 1.92. The van der Waals surface area contributed by atoms with Crippen LogP contribution in [0.4, 0.5) is 11.4 Å². The van der Waals surface area contributed by atoms with Gasteiger partial charge in [0.05, 0.1) is 17.4 Å². The molecule has 1 heterocycles. The van der Waals surface area contributed by atoms with Crippen molar-refractivity contribution >= 4 is 33.2 Å². The monoisotopic (exact) mass is 305 g/mol. The second-order valence-corrected chi connectivity index (χ2v) is 4.72. The summed E-state index contributed by atoms with van der Waals surface area (Å²) >= 11 is 3.33. The van der Waals surface area contributed by atoms with E-state index in [-0.39, 0.29) is 5.91 Å². The maximum absolute atomic E-state index is 12.3. The first kappa shape index (κ1) is 12.6. The SMILES string of the molecule is CN(C(=O)c1cc(Br)ccc1N)c1cccnc1. The molecule has 0 radical (unpaired) electrons. The van der Waals surface area contributed by atoms with Crippen molar-refractivity contribution in [2.75, 3.05) is 17.7 Å². The highest BCUT2D eigenvalue weighted by molar-refractivity contribution is 9.10. The van der Waals surface area contributed by atoms with E-state index in [0.29, 0.717) is 11.3 Å². The summed E-state index contributed by atoms with van der Waals surface area (Å²) in [4.78, 5) is 17.8. The fourth-order valence-electron chi connectivity index (χ4n) is 1.56. The van der Waals surface area contributed by atoms with Gasteiger partial charge in [0.1, 0.15) is 0 Å². The van der Waals surface area contributed by atoms with E-state index in [2.05, 4.69) is 20.9 Å². The van der Waals surface area contributed by atoms with Crippen LogP contribution in [-0.2, 0) is 0 Å². The highest BCUT2D eigenvalue weighted by atomic mass is 79.9. The van der Waals surface area contributed by atoms with Crippen LogP contribution in [0.15, 0.2) is 47.2 Å². The number of hydrogen-bond acceptors (Lipinski definition) is 3. The van der Waals surface area contributed by atoms with E-state index >= 15 is 0 Å². The predicted molar refractivity (Wildman–Crippen MR) is 75.5 cm³/mol. The number of nitrogen functional groups attached to an aromatic ring is 1. The molecule has 92 valence electrons. The van der Waals surface area contributed by atoms with Crippen molar-refractivity contribution in [3.8, 4) is 0 Å². The van der Waals surface area contributed by atoms with Crippen LogP contribution in [0.5, 0.6) is 0 Å². The van der Waals surface area contributed by atoms with Crippen LogP contribution in [0, 0.1) is 0 Å². The van der Waals surface area contributed by atoms with E-state index in [0.717, 1.165) is 10.2 Å². The highest BCUT2D eigenvalue weighted by Crippen LogP contribution is 2.21. The Morgan fingerprint density at radius 1 is 1.39 bits per heavy atom. The summed E-state index contributed by atoms with van der Waals surface area (Å²) in [5.74, 6) is -0.165. The molecule has 0 aliphatic carbocycles. The van der Waals surface area contributed by atoms with E-state index in [9.17, 15) is 4.79 Å². The number of aromatic nitrogens is 1. The van der Waals surface area contributed by atoms with Crippen LogP contribution in [0.2, 0.25) is 0 Å². The number of pyridine rings is 1. The minimum atomic E-state index is -0.165. The molecule has 0 atom stereocenters. The van der Waals surface area contributed by atoms with Crippen LogP contribution < -0.4 is 10.6 Å². The molecule has 18 heavy (non-hydrogen) atoms. The quantitative estimate of drug-likeness (QED) is 0.868. The third-order valence-corrected chi connectivity index (χ3v) is 3.08. The molecule has 0 unspecified atom stereocenters. The van der Waals surface area contributed by atoms with Crippen molar-refractivity contribution in [2.45, 2.75) is 0 Å². The van der Waals surface area contributed by atoms with Gasteiger partial charge >= 0.3 is 0 Å². The standard InChI is InChI=1S/C13H12BrN3O/c1-17(10-3-2-6-16-8-10)13(18)11-7-9(14)4-5-12(11)15/h2-8H,15H2,1H3. The number of rotatable bonds is 2. The van der Waals surface area contributed by atoms with Crippen molar-refractivity contribution in [1.82, 2.24) is 4.98 Å². The number of carbonyl (C=O) groups is 1. The lowest BCUT2D eigenvalue weighted by Crippen LogP contribution is -2.27. The average Bonchev–Trinajstić information content (AvgIpc) is 2.41. The van der Waals surface area contributed by atoms with Crippen LogP contribution in [0.1, 0.15) is 10.4 Å². The molecule has 0 aliphatic rings. The molecule has 2 aromatic rings. The number of benzene rings is 1. The second kappa shape index (κ2) is 5.18. The lowest BCUT2D eigenvalue weighted by Gasteiger charge is -2.17. The van der Waals surface area contributed by atoms with Crippen molar-refractivity contribution in [3.05, 3.63) is 52.8 Å². The Kier molecular flexibility index (Phi) is 3.62. The molecule has 0 bridgehead atoms. The Morgan fingerprint density at radius 2 is 2.17 bits per heavy atom. The molecule has 2 rings (SSSR count). The molecule has 1 aromatic heterocycles. The van der Waals surface area contributed by atoms with Crippen LogP contribution >= 0.6 is 15.9 Å². The van der Waals surface area contributed by atoms with Crippen molar-refractivity contribution in [1.29, 1.82) is 0 Å². The van der Waals surface area contributed by atoms with E-state index < -0.39 is 0 Å². The number of nitrogens with two attached hydrogens (primary N) is 1. The molecule has 0 aliphatic heterocycles. The van der Waals surface area contributed by atoms with Gasteiger partial charge in [0.15, 0.2) is 0 Å². The largest absolute Gasteiger partial charge is 0.398 e. The van der Waals surface area contributed by atoms with Gasteiger partial charge in [0, 0.05) is 23.4 Å². The molecular weight excluding hydrogens is 294 g/mol. The number of nitrogens with zero attached hydrogens (tertiary/aromatic N) is 2. The lowest BCUT2D eigenvalue weighted by atomic mass is 10.1. The van der Waals surface area contributed by atoms with Crippen LogP contribution in [0.3, 0.4) is 0 Å². The van der Waals surface area contributed by atoms with E-state index in [1.165, 1.54) is 4.90 Å². The zero-order chi connectivity index (χ0) is 13.1. The summed E-state index contributed by atoms with van der Waals surface area (Å²) in [5, 5.41) is 0.